The second-order valence-corrected chi connectivity index (χ2v) is 16.0. The summed E-state index contributed by atoms with van der Waals surface area (Å²) in [6.07, 6.45) is -0.153. The fraction of sp³-hybridized carbons (Fsp3) is 0.0588. The Morgan fingerprint density at radius 1 is 0.456 bits per heavy atom. The Hall–Kier alpha value is -6.54. The molecule has 11 aromatic rings. The van der Waals surface area contributed by atoms with Crippen LogP contribution < -0.4 is 16.0 Å². The lowest BCUT2D eigenvalue weighted by atomic mass is 9.98. The minimum atomic E-state index is -0.0872. The second-order valence-electron chi connectivity index (χ2n) is 15.0. The van der Waals surface area contributed by atoms with Crippen molar-refractivity contribution in [2.24, 2.45) is 0 Å². The molecule has 1 aliphatic heterocycles. The number of nitrogens with one attached hydrogen (secondary N) is 3. The predicted octanol–water partition coefficient (Wildman–Crippen LogP) is 12.9. The molecule has 5 nitrogen and oxygen atoms in total. The third-order valence-electron chi connectivity index (χ3n) is 11.7. The number of hydrogen-bond donors (Lipinski definition) is 3. The summed E-state index contributed by atoms with van der Waals surface area (Å²) < 4.78 is 11.7. The molecule has 3 N–H and O–H groups in total. The van der Waals surface area contributed by atoms with Gasteiger partial charge in [0.05, 0.1) is 40.6 Å². The molecular weight excluding hydrogens is 717 g/mol. The first kappa shape index (κ1) is 32.7. The summed E-state index contributed by atoms with van der Waals surface area (Å²) in [6, 6.07) is 65.3. The van der Waals surface area contributed by atoms with Gasteiger partial charge < -0.3 is 8.98 Å². The zero-order valence-corrected chi connectivity index (χ0v) is 31.6. The van der Waals surface area contributed by atoms with Gasteiger partial charge in [-0.3, -0.25) is 16.0 Å². The maximum Gasteiger partial charge on any atom is 0.143 e. The fourth-order valence-corrected chi connectivity index (χ4v) is 10.4. The molecule has 0 amide bonds. The lowest BCUT2D eigenvalue weighted by Crippen LogP contribution is -2.54. The highest BCUT2D eigenvalue weighted by Gasteiger charge is 2.31. The Morgan fingerprint density at radius 2 is 1.07 bits per heavy atom. The molecule has 1 saturated heterocycles. The monoisotopic (exact) mass is 752 g/mol. The number of rotatable bonds is 5. The zero-order chi connectivity index (χ0) is 37.5. The molecule has 57 heavy (non-hydrogen) atoms. The van der Waals surface area contributed by atoms with E-state index in [0.717, 1.165) is 38.8 Å². The lowest BCUT2D eigenvalue weighted by Gasteiger charge is -2.40. The van der Waals surface area contributed by atoms with Crippen molar-refractivity contribution in [2.75, 3.05) is 0 Å². The molecule has 6 heteroatoms. The number of para-hydroxylation sites is 3. The van der Waals surface area contributed by atoms with Crippen molar-refractivity contribution in [3.05, 3.63) is 199 Å². The molecule has 0 radical (unpaired) electrons. The van der Waals surface area contributed by atoms with E-state index in [2.05, 4.69) is 203 Å². The highest BCUT2D eigenvalue weighted by atomic mass is 32.1. The molecule has 4 heterocycles. The van der Waals surface area contributed by atoms with Crippen LogP contribution in [-0.4, -0.2) is 4.57 Å². The molecule has 0 spiro atoms. The summed E-state index contributed by atoms with van der Waals surface area (Å²) in [5.74, 6) is 0. The molecule has 2 unspecified atom stereocenters. The summed E-state index contributed by atoms with van der Waals surface area (Å²) in [7, 11) is 0. The average Bonchev–Trinajstić information content (AvgIpc) is 3.96. The topological polar surface area (TPSA) is 54.2 Å². The summed E-state index contributed by atoms with van der Waals surface area (Å²) in [5, 5.41) is 18.9. The van der Waals surface area contributed by atoms with Gasteiger partial charge in [-0.1, -0.05) is 146 Å². The van der Waals surface area contributed by atoms with E-state index in [0.29, 0.717) is 0 Å². The van der Waals surface area contributed by atoms with Crippen molar-refractivity contribution in [1.29, 1.82) is 0 Å². The quantitative estimate of drug-likeness (QED) is 0.164. The molecule has 8 aromatic carbocycles. The Bertz CT molecular complexity index is 3210. The van der Waals surface area contributed by atoms with Crippen LogP contribution in [-0.2, 0) is 0 Å². The Morgan fingerprint density at radius 3 is 1.79 bits per heavy atom. The first-order valence-electron chi connectivity index (χ1n) is 19.5. The summed E-state index contributed by atoms with van der Waals surface area (Å²) in [6.45, 7) is 0. The van der Waals surface area contributed by atoms with Gasteiger partial charge in [0.25, 0.3) is 0 Å². The maximum absolute atomic E-state index is 6.83. The number of hydrogen-bond acceptors (Lipinski definition) is 5. The smallest absolute Gasteiger partial charge is 0.143 e. The second kappa shape index (κ2) is 13.0. The van der Waals surface area contributed by atoms with Crippen molar-refractivity contribution < 1.29 is 4.42 Å². The molecule has 272 valence electrons. The number of nitrogens with zero attached hydrogens (tertiary/aromatic N) is 1. The van der Waals surface area contributed by atoms with Crippen LogP contribution in [0.15, 0.2) is 186 Å². The van der Waals surface area contributed by atoms with Crippen molar-refractivity contribution in [1.82, 2.24) is 20.5 Å². The summed E-state index contributed by atoms with van der Waals surface area (Å²) in [5.41, 5.74) is 11.2. The zero-order valence-electron chi connectivity index (χ0n) is 30.8. The minimum absolute atomic E-state index is 0.0332. The van der Waals surface area contributed by atoms with Gasteiger partial charge >= 0.3 is 0 Å². The number of aromatic nitrogens is 1. The van der Waals surface area contributed by atoms with E-state index in [1.54, 1.807) is 0 Å². The van der Waals surface area contributed by atoms with Crippen molar-refractivity contribution in [3.8, 4) is 16.8 Å². The summed E-state index contributed by atoms with van der Waals surface area (Å²) >= 11 is 1.85. The van der Waals surface area contributed by atoms with Crippen LogP contribution >= 0.6 is 11.3 Å². The van der Waals surface area contributed by atoms with Crippen LogP contribution in [0.25, 0.3) is 80.7 Å². The van der Waals surface area contributed by atoms with Gasteiger partial charge in [-0.05, 0) is 58.7 Å². The molecular formula is C51H36N4OS. The maximum atomic E-state index is 6.83. The molecule has 12 rings (SSSR count). The van der Waals surface area contributed by atoms with E-state index < -0.39 is 0 Å². The number of furan rings is 1. The first-order valence-corrected chi connectivity index (χ1v) is 20.3. The van der Waals surface area contributed by atoms with Gasteiger partial charge in [-0.15, -0.1) is 11.3 Å². The first-order chi connectivity index (χ1) is 28.3. The lowest BCUT2D eigenvalue weighted by molar-refractivity contribution is 0.204. The van der Waals surface area contributed by atoms with E-state index in [1.165, 1.54) is 58.7 Å². The van der Waals surface area contributed by atoms with Gasteiger partial charge in [0, 0.05) is 41.9 Å². The van der Waals surface area contributed by atoms with Crippen LogP contribution in [0.5, 0.6) is 0 Å². The van der Waals surface area contributed by atoms with Gasteiger partial charge in [-0.2, -0.15) is 0 Å². The van der Waals surface area contributed by atoms with Crippen molar-refractivity contribution >= 4 is 75.3 Å². The SMILES string of the molecule is c1ccc(C2NC(c3ccccc3)NC(c3cccc4sc5cc(-c6cccc7c6oc6cccc(-n8c9ccccc9c9ccccc98)c67)ccc5c34)N2)cc1. The third kappa shape index (κ3) is 5.19. The van der Waals surface area contributed by atoms with Gasteiger partial charge in [0.2, 0.25) is 0 Å². The number of fused-ring (bicyclic) bond motifs is 9. The highest BCUT2D eigenvalue weighted by Crippen LogP contribution is 2.44. The molecule has 0 saturated carbocycles. The largest absolute Gasteiger partial charge is 0.455 e. The van der Waals surface area contributed by atoms with Crippen molar-refractivity contribution in [3.63, 3.8) is 0 Å². The van der Waals surface area contributed by atoms with E-state index >= 15 is 0 Å². The van der Waals surface area contributed by atoms with Crippen LogP contribution in [0.2, 0.25) is 0 Å². The standard InChI is InChI=1S/C51H36N4OS/c1-3-14-31(15-4-1)49-52-50(32-16-5-2-6-17-32)54-51(53-49)39-22-12-27-44-46(39)37-29-28-33(30-45(37)57-44)34-20-11-21-38-47-42(25-13-26-43(47)56-48(34)38)55-40-23-9-7-18-35(40)36-19-8-10-24-41(36)55/h1-30,49-54H. The van der Waals surface area contributed by atoms with Gasteiger partial charge in [0.1, 0.15) is 11.2 Å². The Kier molecular flexibility index (Phi) is 7.46. The Labute approximate surface area is 332 Å². The molecule has 0 aliphatic carbocycles. The number of thiophene rings is 1. The van der Waals surface area contributed by atoms with Crippen LogP contribution in [0.1, 0.15) is 35.2 Å². The van der Waals surface area contributed by atoms with Gasteiger partial charge in [0.15, 0.2) is 0 Å². The van der Waals surface area contributed by atoms with Crippen molar-refractivity contribution in [2.45, 2.75) is 18.5 Å². The third-order valence-corrected chi connectivity index (χ3v) is 12.9. The Balaban J connectivity index is 0.981. The van der Waals surface area contributed by atoms with Crippen LogP contribution in [0, 0.1) is 0 Å². The number of benzene rings is 8. The normalized spacial score (nSPS) is 17.4. The fourth-order valence-electron chi connectivity index (χ4n) is 9.19. The van der Waals surface area contributed by atoms with Gasteiger partial charge in [-0.25, -0.2) is 0 Å². The summed E-state index contributed by atoms with van der Waals surface area (Å²) in [4.78, 5) is 0. The highest BCUT2D eigenvalue weighted by molar-refractivity contribution is 7.25. The molecule has 2 atom stereocenters. The molecule has 0 bridgehead atoms. The average molecular weight is 753 g/mol. The van der Waals surface area contributed by atoms with Crippen LogP contribution in [0.4, 0.5) is 0 Å². The van der Waals surface area contributed by atoms with E-state index in [1.807, 2.05) is 11.3 Å². The van der Waals surface area contributed by atoms with E-state index in [9.17, 15) is 0 Å². The van der Waals surface area contributed by atoms with E-state index in [-0.39, 0.29) is 18.5 Å². The molecule has 3 aromatic heterocycles. The molecule has 1 fully saturated rings. The van der Waals surface area contributed by atoms with E-state index in [4.69, 9.17) is 4.42 Å². The van der Waals surface area contributed by atoms with Crippen LogP contribution in [0.3, 0.4) is 0 Å². The minimum Gasteiger partial charge on any atom is -0.455 e. The predicted molar refractivity (Wildman–Crippen MR) is 237 cm³/mol. The molecule has 1 aliphatic rings.